The average molecular weight is 240 g/mol. The first kappa shape index (κ1) is 11.9. The molecule has 1 aliphatic carbocycles. The number of hydrogen-bond acceptors (Lipinski definition) is 2. The van der Waals surface area contributed by atoms with Gasteiger partial charge in [0.15, 0.2) is 0 Å². The van der Waals surface area contributed by atoms with Gasteiger partial charge in [-0.15, -0.1) is 0 Å². The van der Waals surface area contributed by atoms with Crippen LogP contribution in [0.15, 0.2) is 12.3 Å². The molecule has 2 rings (SSSR count). The fourth-order valence-corrected chi connectivity index (χ4v) is 2.12. The summed E-state index contributed by atoms with van der Waals surface area (Å²) in [6.45, 7) is 0. The molecule has 0 spiro atoms. The van der Waals surface area contributed by atoms with Crippen molar-refractivity contribution >= 4 is 0 Å². The Hall–Kier alpha value is -1.57. The van der Waals surface area contributed by atoms with E-state index in [0.29, 0.717) is 0 Å². The van der Waals surface area contributed by atoms with Crippen LogP contribution < -0.4 is 0 Å². The largest absolute Gasteiger partial charge is 0.257 e. The molecule has 0 N–H and O–H groups in total. The third kappa shape index (κ3) is 2.57. The van der Waals surface area contributed by atoms with Gasteiger partial charge in [0, 0.05) is 25.0 Å². The van der Waals surface area contributed by atoms with Crippen LogP contribution in [-0.4, -0.2) is 10.9 Å². The maximum absolute atomic E-state index is 13.6. The van der Waals surface area contributed by atoms with E-state index in [1.165, 1.54) is 6.20 Å². The zero-order valence-electron chi connectivity index (χ0n) is 9.09. The quantitative estimate of drug-likeness (QED) is 0.754. The molecule has 1 fully saturated rings. The molecule has 1 aliphatic rings. The fourth-order valence-electron chi connectivity index (χ4n) is 2.12. The Morgan fingerprint density at radius 1 is 1.35 bits per heavy atom. The molecule has 0 amide bonds. The van der Waals surface area contributed by atoms with Crippen LogP contribution in [0, 0.1) is 17.1 Å². The fraction of sp³-hybridized carbons (Fsp3) is 0.500. The van der Waals surface area contributed by atoms with Crippen LogP contribution in [0.25, 0.3) is 0 Å². The lowest BCUT2D eigenvalue weighted by Gasteiger charge is -2.27. The molecule has 0 bridgehead atoms. The van der Waals surface area contributed by atoms with Crippen LogP contribution in [0.4, 0.5) is 13.2 Å². The van der Waals surface area contributed by atoms with Gasteiger partial charge in [-0.3, -0.25) is 4.98 Å². The number of aromatic nitrogens is 1. The topological polar surface area (TPSA) is 36.7 Å². The standard InChI is InChI=1S/C12H11F3N2/c13-10-5-8(6-16)7-17-11(10)9-1-3-12(14,15)4-2-9/h5,7,9H,1-4H2. The highest BCUT2D eigenvalue weighted by Gasteiger charge is 2.36. The van der Waals surface area contributed by atoms with E-state index in [2.05, 4.69) is 4.98 Å². The molecule has 2 nitrogen and oxygen atoms in total. The SMILES string of the molecule is N#Cc1cnc(C2CCC(F)(F)CC2)c(F)c1. The van der Waals surface area contributed by atoms with Crippen molar-refractivity contribution in [3.05, 3.63) is 29.3 Å². The Balaban J connectivity index is 2.17. The Labute approximate surface area is 97.1 Å². The molecule has 0 atom stereocenters. The van der Waals surface area contributed by atoms with E-state index in [9.17, 15) is 13.2 Å². The Kier molecular flexibility index (Phi) is 3.05. The van der Waals surface area contributed by atoms with E-state index in [0.717, 1.165) is 6.07 Å². The summed E-state index contributed by atoms with van der Waals surface area (Å²) in [6.07, 6.45) is 1.31. The monoisotopic (exact) mass is 240 g/mol. The van der Waals surface area contributed by atoms with Crippen LogP contribution >= 0.6 is 0 Å². The second-order valence-electron chi connectivity index (χ2n) is 4.33. The van der Waals surface area contributed by atoms with Crippen LogP contribution in [0.3, 0.4) is 0 Å². The molecular formula is C12H11F3N2. The van der Waals surface area contributed by atoms with Crippen molar-refractivity contribution in [3.8, 4) is 6.07 Å². The van der Waals surface area contributed by atoms with Crippen molar-refractivity contribution in [2.75, 3.05) is 0 Å². The maximum Gasteiger partial charge on any atom is 0.248 e. The molecule has 1 aromatic heterocycles. The summed E-state index contributed by atoms with van der Waals surface area (Å²) in [5, 5.41) is 8.58. The van der Waals surface area contributed by atoms with Gasteiger partial charge >= 0.3 is 0 Å². The van der Waals surface area contributed by atoms with Gasteiger partial charge in [0.05, 0.1) is 11.3 Å². The predicted molar refractivity (Wildman–Crippen MR) is 55.1 cm³/mol. The molecule has 1 heterocycles. The molecule has 0 saturated heterocycles. The van der Waals surface area contributed by atoms with Gasteiger partial charge < -0.3 is 0 Å². The molecule has 0 unspecified atom stereocenters. The first-order valence-corrected chi connectivity index (χ1v) is 5.45. The van der Waals surface area contributed by atoms with Gasteiger partial charge in [-0.2, -0.15) is 5.26 Å². The summed E-state index contributed by atoms with van der Waals surface area (Å²) in [5.74, 6) is -3.46. The molecule has 0 radical (unpaired) electrons. The minimum Gasteiger partial charge on any atom is -0.257 e. The Morgan fingerprint density at radius 3 is 2.53 bits per heavy atom. The molecule has 90 valence electrons. The molecule has 1 aromatic rings. The third-order valence-electron chi connectivity index (χ3n) is 3.10. The Bertz CT molecular complexity index is 455. The molecule has 1 saturated carbocycles. The molecular weight excluding hydrogens is 229 g/mol. The van der Waals surface area contributed by atoms with Crippen molar-refractivity contribution in [1.82, 2.24) is 4.98 Å². The molecule has 17 heavy (non-hydrogen) atoms. The summed E-state index contributed by atoms with van der Waals surface area (Å²) in [4.78, 5) is 3.88. The van der Waals surface area contributed by atoms with Gasteiger partial charge in [0.2, 0.25) is 5.92 Å². The van der Waals surface area contributed by atoms with Crippen molar-refractivity contribution in [1.29, 1.82) is 5.26 Å². The van der Waals surface area contributed by atoms with Crippen molar-refractivity contribution in [2.45, 2.75) is 37.5 Å². The number of nitrogens with zero attached hydrogens (tertiary/aromatic N) is 2. The molecule has 5 heteroatoms. The van der Waals surface area contributed by atoms with E-state index < -0.39 is 11.7 Å². The number of pyridine rings is 1. The summed E-state index contributed by atoms with van der Waals surface area (Å²) >= 11 is 0. The molecule has 0 aromatic carbocycles. The predicted octanol–water partition coefficient (Wildman–Crippen LogP) is 3.39. The second-order valence-corrected chi connectivity index (χ2v) is 4.33. The number of rotatable bonds is 1. The van der Waals surface area contributed by atoms with Gasteiger partial charge in [0.25, 0.3) is 0 Å². The lowest BCUT2D eigenvalue weighted by atomic mass is 9.84. The highest BCUT2D eigenvalue weighted by molar-refractivity contribution is 5.28. The number of hydrogen-bond donors (Lipinski definition) is 0. The zero-order valence-corrected chi connectivity index (χ0v) is 9.09. The minimum absolute atomic E-state index is 0.146. The van der Waals surface area contributed by atoms with Gasteiger partial charge in [-0.1, -0.05) is 0 Å². The minimum atomic E-state index is -2.63. The number of nitriles is 1. The van der Waals surface area contributed by atoms with Crippen molar-refractivity contribution < 1.29 is 13.2 Å². The van der Waals surface area contributed by atoms with Gasteiger partial charge in [0.1, 0.15) is 11.9 Å². The van der Waals surface area contributed by atoms with Crippen LogP contribution in [0.1, 0.15) is 42.9 Å². The third-order valence-corrected chi connectivity index (χ3v) is 3.10. The van der Waals surface area contributed by atoms with Crippen LogP contribution in [0.2, 0.25) is 0 Å². The zero-order chi connectivity index (χ0) is 12.5. The smallest absolute Gasteiger partial charge is 0.248 e. The summed E-state index contributed by atoms with van der Waals surface area (Å²) < 4.78 is 39.5. The first-order valence-electron chi connectivity index (χ1n) is 5.45. The lowest BCUT2D eigenvalue weighted by molar-refractivity contribution is -0.0387. The molecule has 0 aliphatic heterocycles. The average Bonchev–Trinajstić information content (AvgIpc) is 2.29. The highest BCUT2D eigenvalue weighted by atomic mass is 19.3. The van der Waals surface area contributed by atoms with Crippen molar-refractivity contribution in [2.24, 2.45) is 0 Å². The second kappa shape index (κ2) is 4.36. The van der Waals surface area contributed by atoms with Crippen LogP contribution in [-0.2, 0) is 0 Å². The summed E-state index contributed by atoms with van der Waals surface area (Å²) in [7, 11) is 0. The lowest BCUT2D eigenvalue weighted by Crippen LogP contribution is -2.24. The first-order chi connectivity index (χ1) is 8.02. The number of halogens is 3. The van der Waals surface area contributed by atoms with E-state index in [1.807, 2.05) is 0 Å². The van der Waals surface area contributed by atoms with E-state index in [4.69, 9.17) is 5.26 Å². The number of alkyl halides is 2. The van der Waals surface area contributed by atoms with E-state index >= 15 is 0 Å². The summed E-state index contributed by atoms with van der Waals surface area (Å²) in [5.41, 5.74) is 0.354. The highest BCUT2D eigenvalue weighted by Crippen LogP contribution is 2.40. The Morgan fingerprint density at radius 2 is 2.00 bits per heavy atom. The van der Waals surface area contributed by atoms with Gasteiger partial charge in [-0.25, -0.2) is 13.2 Å². The van der Waals surface area contributed by atoms with Crippen LogP contribution in [0.5, 0.6) is 0 Å². The van der Waals surface area contributed by atoms with E-state index in [-0.39, 0.29) is 42.9 Å². The van der Waals surface area contributed by atoms with Gasteiger partial charge in [-0.05, 0) is 18.9 Å². The summed E-state index contributed by atoms with van der Waals surface area (Å²) in [6, 6.07) is 2.89. The van der Waals surface area contributed by atoms with E-state index in [1.54, 1.807) is 6.07 Å². The normalized spacial score (nSPS) is 19.9. The van der Waals surface area contributed by atoms with Crippen molar-refractivity contribution in [3.63, 3.8) is 0 Å². The maximum atomic E-state index is 13.6.